The van der Waals surface area contributed by atoms with Gasteiger partial charge in [-0.2, -0.15) is 0 Å². The van der Waals surface area contributed by atoms with Crippen LogP contribution >= 0.6 is 12.2 Å². The Kier molecular flexibility index (Phi) is 3.31. The molecule has 1 N–H and O–H groups in total. The van der Waals surface area contributed by atoms with Crippen LogP contribution in [0.15, 0.2) is 24.4 Å². The average Bonchev–Trinajstić information content (AvgIpc) is 2.80. The first-order valence-electron chi connectivity index (χ1n) is 7.10. The molecule has 0 saturated carbocycles. The van der Waals surface area contributed by atoms with E-state index in [1.165, 1.54) is 48.2 Å². The number of fused-ring (bicyclic) bond motifs is 1. The van der Waals surface area contributed by atoms with Crippen LogP contribution in [-0.4, -0.2) is 9.55 Å². The Morgan fingerprint density at radius 3 is 2.79 bits per heavy atom. The fraction of sp³-hybridized carbons (Fsp3) is 0.438. The number of benzene rings is 1. The lowest BCUT2D eigenvalue weighted by Crippen LogP contribution is -2.10. The maximum atomic E-state index is 5.49. The number of aromatic amines is 1. The standard InChI is InChI=1S/C16H20N2S/c1-11(2)15-10-17-16(19)18(15)14-9-5-7-12-6-3-4-8-13(12)14/h5,7,9-11H,3-4,6,8H2,1-2H3,(H,17,19). The van der Waals surface area contributed by atoms with Gasteiger partial charge in [-0.05, 0) is 61.0 Å². The quantitative estimate of drug-likeness (QED) is 0.796. The molecule has 0 fully saturated rings. The van der Waals surface area contributed by atoms with E-state index >= 15 is 0 Å². The number of nitrogens with one attached hydrogen (secondary N) is 1. The summed E-state index contributed by atoms with van der Waals surface area (Å²) in [6.07, 6.45) is 7.04. The maximum absolute atomic E-state index is 5.49. The van der Waals surface area contributed by atoms with Crippen LogP contribution < -0.4 is 0 Å². The van der Waals surface area contributed by atoms with Crippen LogP contribution in [0, 0.1) is 4.77 Å². The second kappa shape index (κ2) is 4.97. The topological polar surface area (TPSA) is 20.7 Å². The molecule has 1 aliphatic rings. The number of H-pyrrole nitrogens is 1. The van der Waals surface area contributed by atoms with E-state index in [0.29, 0.717) is 5.92 Å². The van der Waals surface area contributed by atoms with Gasteiger partial charge in [0.05, 0.1) is 5.69 Å². The van der Waals surface area contributed by atoms with Crippen molar-refractivity contribution in [1.82, 2.24) is 9.55 Å². The zero-order chi connectivity index (χ0) is 13.4. The van der Waals surface area contributed by atoms with Crippen molar-refractivity contribution in [1.29, 1.82) is 0 Å². The molecule has 100 valence electrons. The summed E-state index contributed by atoms with van der Waals surface area (Å²) in [5, 5.41) is 0. The van der Waals surface area contributed by atoms with E-state index in [1.807, 2.05) is 0 Å². The van der Waals surface area contributed by atoms with E-state index < -0.39 is 0 Å². The molecule has 0 atom stereocenters. The van der Waals surface area contributed by atoms with Crippen molar-refractivity contribution in [3.05, 3.63) is 46.0 Å². The molecule has 2 nitrogen and oxygen atoms in total. The minimum absolute atomic E-state index is 0.465. The van der Waals surface area contributed by atoms with Gasteiger partial charge in [0.2, 0.25) is 0 Å². The molecular weight excluding hydrogens is 252 g/mol. The largest absolute Gasteiger partial charge is 0.337 e. The fourth-order valence-corrected chi connectivity index (χ4v) is 3.29. The van der Waals surface area contributed by atoms with Gasteiger partial charge in [-0.3, -0.25) is 4.57 Å². The molecule has 0 bridgehead atoms. The van der Waals surface area contributed by atoms with Crippen LogP contribution in [0.2, 0.25) is 0 Å². The number of aromatic nitrogens is 2. The van der Waals surface area contributed by atoms with Crippen LogP contribution in [0.5, 0.6) is 0 Å². The Morgan fingerprint density at radius 1 is 1.21 bits per heavy atom. The Labute approximate surface area is 119 Å². The Hall–Kier alpha value is -1.35. The molecule has 3 rings (SSSR count). The molecule has 0 spiro atoms. The highest BCUT2D eigenvalue weighted by Crippen LogP contribution is 2.29. The molecule has 0 amide bonds. The van der Waals surface area contributed by atoms with Crippen molar-refractivity contribution < 1.29 is 0 Å². The molecule has 1 aliphatic carbocycles. The lowest BCUT2D eigenvalue weighted by molar-refractivity contribution is 0.677. The van der Waals surface area contributed by atoms with E-state index in [-0.39, 0.29) is 0 Å². The van der Waals surface area contributed by atoms with Crippen molar-refractivity contribution >= 4 is 12.2 Å². The lowest BCUT2D eigenvalue weighted by Gasteiger charge is -2.21. The van der Waals surface area contributed by atoms with Gasteiger partial charge in [0.1, 0.15) is 0 Å². The van der Waals surface area contributed by atoms with Gasteiger partial charge in [-0.25, -0.2) is 0 Å². The monoisotopic (exact) mass is 272 g/mol. The number of hydrogen-bond acceptors (Lipinski definition) is 1. The first-order valence-corrected chi connectivity index (χ1v) is 7.51. The minimum atomic E-state index is 0.465. The van der Waals surface area contributed by atoms with E-state index in [9.17, 15) is 0 Å². The third-order valence-electron chi connectivity index (χ3n) is 4.01. The molecule has 2 aromatic rings. The molecule has 1 heterocycles. The summed E-state index contributed by atoms with van der Waals surface area (Å²) in [7, 11) is 0. The third kappa shape index (κ3) is 2.16. The van der Waals surface area contributed by atoms with Crippen LogP contribution in [0.4, 0.5) is 0 Å². The first kappa shape index (κ1) is 12.7. The first-order chi connectivity index (χ1) is 9.18. The van der Waals surface area contributed by atoms with Gasteiger partial charge < -0.3 is 4.98 Å². The minimum Gasteiger partial charge on any atom is -0.337 e. The van der Waals surface area contributed by atoms with Crippen molar-refractivity contribution in [3.8, 4) is 5.69 Å². The summed E-state index contributed by atoms with van der Waals surface area (Å²) in [5.74, 6) is 0.465. The summed E-state index contributed by atoms with van der Waals surface area (Å²) in [4.78, 5) is 3.20. The van der Waals surface area contributed by atoms with Gasteiger partial charge in [0.15, 0.2) is 4.77 Å². The smallest absolute Gasteiger partial charge is 0.182 e. The van der Waals surface area contributed by atoms with E-state index in [1.54, 1.807) is 0 Å². The average molecular weight is 272 g/mol. The predicted octanol–water partition coefficient (Wildman–Crippen LogP) is 4.54. The number of hydrogen-bond donors (Lipinski definition) is 1. The van der Waals surface area contributed by atoms with Gasteiger partial charge in [0, 0.05) is 11.9 Å². The number of aryl methyl sites for hydroxylation is 1. The Bertz CT molecular complexity index is 649. The molecule has 0 radical (unpaired) electrons. The molecule has 0 aliphatic heterocycles. The number of nitrogens with zero attached hydrogens (tertiary/aromatic N) is 1. The molecule has 1 aromatic heterocycles. The van der Waals surface area contributed by atoms with Crippen LogP contribution in [-0.2, 0) is 12.8 Å². The Morgan fingerprint density at radius 2 is 2.00 bits per heavy atom. The molecule has 0 saturated heterocycles. The Balaban J connectivity index is 2.23. The van der Waals surface area contributed by atoms with E-state index in [2.05, 4.69) is 47.8 Å². The van der Waals surface area contributed by atoms with Gasteiger partial charge in [0.25, 0.3) is 0 Å². The number of rotatable bonds is 2. The van der Waals surface area contributed by atoms with Crippen molar-refractivity contribution in [2.24, 2.45) is 0 Å². The van der Waals surface area contributed by atoms with E-state index in [0.717, 1.165) is 4.77 Å². The SMILES string of the molecule is CC(C)c1c[nH]c(=S)n1-c1cccc2c1CCCC2. The zero-order valence-electron chi connectivity index (χ0n) is 11.6. The van der Waals surface area contributed by atoms with Gasteiger partial charge in [-0.15, -0.1) is 0 Å². The summed E-state index contributed by atoms with van der Waals surface area (Å²) in [5.41, 5.74) is 5.55. The fourth-order valence-electron chi connectivity index (χ4n) is 3.03. The zero-order valence-corrected chi connectivity index (χ0v) is 12.4. The highest BCUT2D eigenvalue weighted by atomic mass is 32.1. The molecular formula is C16H20N2S. The summed E-state index contributed by atoms with van der Waals surface area (Å²) in [6.45, 7) is 4.42. The van der Waals surface area contributed by atoms with Crippen molar-refractivity contribution in [2.45, 2.75) is 45.4 Å². The molecule has 1 aromatic carbocycles. The molecule has 19 heavy (non-hydrogen) atoms. The van der Waals surface area contributed by atoms with Crippen LogP contribution in [0.3, 0.4) is 0 Å². The second-order valence-electron chi connectivity index (χ2n) is 5.63. The second-order valence-corrected chi connectivity index (χ2v) is 6.02. The maximum Gasteiger partial charge on any atom is 0.182 e. The lowest BCUT2D eigenvalue weighted by atomic mass is 9.90. The summed E-state index contributed by atoms with van der Waals surface area (Å²) in [6, 6.07) is 6.64. The normalized spacial score (nSPS) is 14.7. The van der Waals surface area contributed by atoms with Crippen LogP contribution in [0.25, 0.3) is 5.69 Å². The van der Waals surface area contributed by atoms with Crippen molar-refractivity contribution in [3.63, 3.8) is 0 Å². The number of imidazole rings is 1. The third-order valence-corrected chi connectivity index (χ3v) is 4.31. The highest BCUT2D eigenvalue weighted by Gasteiger charge is 2.17. The highest BCUT2D eigenvalue weighted by molar-refractivity contribution is 7.71. The van der Waals surface area contributed by atoms with Gasteiger partial charge in [-0.1, -0.05) is 26.0 Å². The summed E-state index contributed by atoms with van der Waals surface area (Å²) >= 11 is 5.49. The van der Waals surface area contributed by atoms with Crippen LogP contribution in [0.1, 0.15) is 49.4 Å². The van der Waals surface area contributed by atoms with Gasteiger partial charge >= 0.3 is 0 Å². The molecule has 3 heteroatoms. The molecule has 0 unspecified atom stereocenters. The van der Waals surface area contributed by atoms with Crippen molar-refractivity contribution in [2.75, 3.05) is 0 Å². The summed E-state index contributed by atoms with van der Waals surface area (Å²) < 4.78 is 3.03. The van der Waals surface area contributed by atoms with E-state index in [4.69, 9.17) is 12.2 Å². The predicted molar refractivity (Wildman–Crippen MR) is 81.7 cm³/mol.